The zero-order valence-electron chi connectivity index (χ0n) is 5.99. The highest BCUT2D eigenvalue weighted by Crippen LogP contribution is 2.06. The second kappa shape index (κ2) is 4.42. The summed E-state index contributed by atoms with van der Waals surface area (Å²) in [6.07, 6.45) is 3.11. The molecule has 1 rings (SSSR count). The highest BCUT2D eigenvalue weighted by molar-refractivity contribution is 9.10. The number of nitrogens with zero attached hydrogens (tertiary/aromatic N) is 2. The smallest absolute Gasteiger partial charge is 0.236 e. The van der Waals surface area contributed by atoms with Crippen molar-refractivity contribution in [3.8, 4) is 0 Å². The third-order valence-electron chi connectivity index (χ3n) is 1.02. The summed E-state index contributed by atoms with van der Waals surface area (Å²) in [5, 5.41) is 2.46. The number of hydrogen-bond acceptors (Lipinski definition) is 4. The molecule has 0 bridgehead atoms. The van der Waals surface area contributed by atoms with Crippen molar-refractivity contribution < 1.29 is 4.79 Å². The minimum absolute atomic E-state index is 0.124. The number of aromatic nitrogens is 2. The summed E-state index contributed by atoms with van der Waals surface area (Å²) in [4.78, 5) is 18.5. The Kier molecular flexibility index (Phi) is 3.48. The van der Waals surface area contributed by atoms with E-state index in [4.69, 9.17) is 0 Å². The van der Waals surface area contributed by atoms with Gasteiger partial charge in [-0.3, -0.25) is 10.1 Å². The number of halogens is 1. The molecule has 1 amide bonds. The van der Waals surface area contributed by atoms with Crippen LogP contribution in [0.2, 0.25) is 0 Å². The van der Waals surface area contributed by atoms with Crippen molar-refractivity contribution in [3.05, 3.63) is 16.9 Å². The van der Waals surface area contributed by atoms with Crippen LogP contribution in [0.4, 0.5) is 5.95 Å². The molecule has 6 heteroatoms. The van der Waals surface area contributed by atoms with Crippen LogP contribution in [-0.2, 0) is 4.79 Å². The van der Waals surface area contributed by atoms with E-state index in [1.54, 1.807) is 12.4 Å². The molecule has 0 radical (unpaired) electrons. The van der Waals surface area contributed by atoms with Gasteiger partial charge in [-0.15, -0.1) is 0 Å². The van der Waals surface area contributed by atoms with E-state index >= 15 is 0 Å². The molecular formula is C6H6BrN3OS. The number of hydrogen-bond donors (Lipinski definition) is 2. The van der Waals surface area contributed by atoms with Gasteiger partial charge in [0.05, 0.1) is 10.2 Å². The number of amides is 1. The standard InChI is InChI=1S/C6H6BrN3OS/c7-4-1-8-6(9-2-4)10-5(11)3-12/h1-2,12H,3H2,(H,8,9,10,11). The van der Waals surface area contributed by atoms with Crippen LogP contribution in [-0.4, -0.2) is 21.6 Å². The zero-order chi connectivity index (χ0) is 8.97. The van der Waals surface area contributed by atoms with Crippen molar-refractivity contribution in [2.24, 2.45) is 0 Å². The molecule has 4 nitrogen and oxygen atoms in total. The first-order valence-corrected chi connectivity index (χ1v) is 4.53. The van der Waals surface area contributed by atoms with Gasteiger partial charge in [0.2, 0.25) is 11.9 Å². The Morgan fingerprint density at radius 2 is 2.17 bits per heavy atom. The molecule has 0 aliphatic rings. The molecule has 0 atom stereocenters. The van der Waals surface area contributed by atoms with Crippen LogP contribution < -0.4 is 5.32 Å². The molecule has 0 saturated carbocycles. The lowest BCUT2D eigenvalue weighted by Gasteiger charge is -1.99. The zero-order valence-corrected chi connectivity index (χ0v) is 8.47. The summed E-state index contributed by atoms with van der Waals surface area (Å²) in [6.45, 7) is 0. The van der Waals surface area contributed by atoms with Crippen molar-refractivity contribution >= 4 is 40.4 Å². The molecule has 1 aromatic rings. The summed E-state index contributed by atoms with van der Waals surface area (Å²) in [5.41, 5.74) is 0. The molecule has 1 aromatic heterocycles. The fraction of sp³-hybridized carbons (Fsp3) is 0.167. The minimum Gasteiger partial charge on any atom is -0.294 e. The Balaban J connectivity index is 2.64. The van der Waals surface area contributed by atoms with Gasteiger partial charge in [0.15, 0.2) is 0 Å². The van der Waals surface area contributed by atoms with E-state index in [2.05, 4.69) is 43.8 Å². The molecule has 64 valence electrons. The Labute approximate surface area is 83.3 Å². The Morgan fingerprint density at radius 1 is 1.58 bits per heavy atom. The average molecular weight is 248 g/mol. The lowest BCUT2D eigenvalue weighted by molar-refractivity contribution is -0.113. The fourth-order valence-corrected chi connectivity index (χ4v) is 0.825. The minimum atomic E-state index is -0.222. The van der Waals surface area contributed by atoms with E-state index in [1.165, 1.54) is 0 Å². The van der Waals surface area contributed by atoms with Gasteiger partial charge in [-0.25, -0.2) is 9.97 Å². The largest absolute Gasteiger partial charge is 0.294 e. The number of rotatable bonds is 2. The number of thiol groups is 1. The molecule has 0 aliphatic carbocycles. The molecule has 0 aromatic carbocycles. The van der Waals surface area contributed by atoms with E-state index in [0.717, 1.165) is 4.47 Å². The predicted octanol–water partition coefficient (Wildman–Crippen LogP) is 1.11. The second-order valence-electron chi connectivity index (χ2n) is 1.93. The predicted molar refractivity (Wildman–Crippen MR) is 52.2 cm³/mol. The monoisotopic (exact) mass is 247 g/mol. The SMILES string of the molecule is O=C(CS)Nc1ncc(Br)cn1. The van der Waals surface area contributed by atoms with E-state index < -0.39 is 0 Å². The number of carbonyl (C=O) groups excluding carboxylic acids is 1. The lowest BCUT2D eigenvalue weighted by atomic mass is 10.6. The third kappa shape index (κ3) is 2.78. The maximum Gasteiger partial charge on any atom is 0.236 e. The van der Waals surface area contributed by atoms with E-state index in [9.17, 15) is 4.79 Å². The first kappa shape index (κ1) is 9.47. The highest BCUT2D eigenvalue weighted by atomic mass is 79.9. The molecule has 0 spiro atoms. The Morgan fingerprint density at radius 3 is 2.67 bits per heavy atom. The summed E-state index contributed by atoms with van der Waals surface area (Å²) >= 11 is 6.97. The first-order chi connectivity index (χ1) is 5.72. The maximum absolute atomic E-state index is 10.8. The van der Waals surface area contributed by atoms with Crippen molar-refractivity contribution in [1.82, 2.24) is 9.97 Å². The van der Waals surface area contributed by atoms with Crippen LogP contribution in [0.5, 0.6) is 0 Å². The third-order valence-corrected chi connectivity index (χ3v) is 1.71. The van der Waals surface area contributed by atoms with E-state index in [1.807, 2.05) is 0 Å². The number of anilines is 1. The molecule has 1 heterocycles. The normalized spacial score (nSPS) is 9.50. The topological polar surface area (TPSA) is 54.9 Å². The van der Waals surface area contributed by atoms with Gasteiger partial charge in [0, 0.05) is 12.4 Å². The lowest BCUT2D eigenvalue weighted by Crippen LogP contribution is -2.14. The summed E-state index contributed by atoms with van der Waals surface area (Å²) in [7, 11) is 0. The van der Waals surface area contributed by atoms with E-state index in [-0.39, 0.29) is 17.6 Å². The fourth-order valence-electron chi connectivity index (χ4n) is 0.541. The van der Waals surface area contributed by atoms with Crippen LogP contribution in [0.25, 0.3) is 0 Å². The van der Waals surface area contributed by atoms with Crippen LogP contribution in [0.3, 0.4) is 0 Å². The van der Waals surface area contributed by atoms with Crippen LogP contribution in [0.15, 0.2) is 16.9 Å². The van der Waals surface area contributed by atoms with E-state index in [0.29, 0.717) is 0 Å². The highest BCUT2D eigenvalue weighted by Gasteiger charge is 2.00. The molecule has 0 aliphatic heterocycles. The van der Waals surface area contributed by atoms with Crippen molar-refractivity contribution in [2.45, 2.75) is 0 Å². The Hall–Kier alpha value is -0.620. The van der Waals surface area contributed by atoms with Gasteiger partial charge < -0.3 is 0 Å². The van der Waals surface area contributed by atoms with Crippen molar-refractivity contribution in [3.63, 3.8) is 0 Å². The van der Waals surface area contributed by atoms with Crippen LogP contribution in [0, 0.1) is 0 Å². The molecule has 0 fully saturated rings. The quantitative estimate of drug-likeness (QED) is 0.771. The molecule has 0 saturated heterocycles. The first-order valence-electron chi connectivity index (χ1n) is 3.10. The number of carbonyl (C=O) groups is 1. The van der Waals surface area contributed by atoms with Gasteiger partial charge >= 0.3 is 0 Å². The molecule has 1 N–H and O–H groups in total. The average Bonchev–Trinajstić information content (AvgIpc) is 2.09. The van der Waals surface area contributed by atoms with Gasteiger partial charge in [-0.2, -0.15) is 12.6 Å². The van der Waals surface area contributed by atoms with Crippen LogP contribution >= 0.6 is 28.6 Å². The van der Waals surface area contributed by atoms with Gasteiger partial charge in [-0.1, -0.05) is 0 Å². The summed E-state index contributed by atoms with van der Waals surface area (Å²) in [6, 6.07) is 0. The van der Waals surface area contributed by atoms with Gasteiger partial charge in [-0.05, 0) is 15.9 Å². The van der Waals surface area contributed by atoms with Crippen molar-refractivity contribution in [2.75, 3.05) is 11.1 Å². The van der Waals surface area contributed by atoms with Gasteiger partial charge in [0.25, 0.3) is 0 Å². The molecule has 0 unspecified atom stereocenters. The summed E-state index contributed by atoms with van der Waals surface area (Å²) < 4.78 is 0.770. The number of nitrogens with one attached hydrogen (secondary N) is 1. The maximum atomic E-state index is 10.8. The second-order valence-corrected chi connectivity index (χ2v) is 3.16. The van der Waals surface area contributed by atoms with Gasteiger partial charge in [0.1, 0.15) is 0 Å². The van der Waals surface area contributed by atoms with Crippen molar-refractivity contribution in [1.29, 1.82) is 0 Å². The Bertz CT molecular complexity index is 277. The molecular weight excluding hydrogens is 242 g/mol. The summed E-state index contributed by atoms with van der Waals surface area (Å²) in [5.74, 6) is 0.192. The molecule has 12 heavy (non-hydrogen) atoms. The van der Waals surface area contributed by atoms with Crippen LogP contribution in [0.1, 0.15) is 0 Å².